The van der Waals surface area contributed by atoms with E-state index in [-0.39, 0.29) is 48.0 Å². The Kier molecular flexibility index (Phi) is 11.7. The third-order valence-electron chi connectivity index (χ3n) is 14.4. The molecule has 13 nitrogen and oxygen atoms in total. The molecule has 0 radical (unpaired) electrons. The molecule has 13 heteroatoms. The minimum atomic E-state index is -0.860. The SMILES string of the molecule is C=C(O)c1ncccc1-c1c2c3cc(ccc3n1CC)-c1cccc(c1)C[C@H](NC(=O)[C@H](C1CCCC1)N1CC[C@]3(CCNC3)C1)C(=O)N1CCC[C@H](N1)[N+](=O)OCC(C)(C)C2. The molecule has 2 aromatic heterocycles. The van der Waals surface area contributed by atoms with Gasteiger partial charge in [0.15, 0.2) is 6.61 Å². The summed E-state index contributed by atoms with van der Waals surface area (Å²) in [6.07, 6.45) is 9.29. The molecule has 4 N–H and O–H groups in total. The van der Waals surface area contributed by atoms with Crippen LogP contribution in [0.5, 0.6) is 0 Å². The van der Waals surface area contributed by atoms with Gasteiger partial charge in [-0.05, 0) is 116 Å². The third-order valence-corrected chi connectivity index (χ3v) is 14.4. The number of hydrogen-bond donors (Lipinski definition) is 4. The molecule has 4 atom stereocenters. The van der Waals surface area contributed by atoms with Gasteiger partial charge < -0.3 is 20.3 Å². The summed E-state index contributed by atoms with van der Waals surface area (Å²) in [7, 11) is 0. The fraction of sp³-hybridized carbons (Fsp3) is 0.531. The number of fused-ring (bicyclic) bond motifs is 6. The van der Waals surface area contributed by atoms with Gasteiger partial charge >= 0.3 is 6.17 Å². The van der Waals surface area contributed by atoms with Crippen molar-refractivity contribution in [2.75, 3.05) is 39.3 Å². The molecule has 4 aliphatic heterocycles. The molecule has 328 valence electrons. The first-order valence-electron chi connectivity index (χ1n) is 22.9. The second-order valence-corrected chi connectivity index (χ2v) is 19.4. The number of carbonyl (C=O) groups is 2. The van der Waals surface area contributed by atoms with Crippen LogP contribution in [0.4, 0.5) is 0 Å². The van der Waals surface area contributed by atoms with E-state index in [1.54, 1.807) is 6.20 Å². The molecule has 1 saturated carbocycles. The van der Waals surface area contributed by atoms with Crippen LogP contribution in [0, 0.1) is 21.7 Å². The van der Waals surface area contributed by atoms with Gasteiger partial charge in [0.1, 0.15) is 17.5 Å². The molecule has 3 saturated heterocycles. The fourth-order valence-electron chi connectivity index (χ4n) is 11.2. The maximum Gasteiger partial charge on any atom is 0.326 e. The van der Waals surface area contributed by atoms with Crippen molar-refractivity contribution in [2.45, 2.75) is 110 Å². The number of aryl methyl sites for hydroxylation is 1. The smallest absolute Gasteiger partial charge is 0.326 e. The average Bonchev–Trinajstić information content (AvgIpc) is 4.11. The van der Waals surface area contributed by atoms with Gasteiger partial charge in [-0.3, -0.25) is 24.5 Å². The molecular weight excluding hydrogens is 781 g/mol. The largest absolute Gasteiger partial charge is 0.506 e. The van der Waals surface area contributed by atoms with E-state index in [2.05, 4.69) is 88.2 Å². The van der Waals surface area contributed by atoms with Crippen LogP contribution in [-0.4, -0.2) is 98.9 Å². The Balaban J connectivity index is 1.12. The molecule has 1 aliphatic carbocycles. The molecule has 4 fully saturated rings. The zero-order valence-electron chi connectivity index (χ0n) is 36.6. The van der Waals surface area contributed by atoms with E-state index in [9.17, 15) is 19.6 Å². The zero-order valence-corrected chi connectivity index (χ0v) is 36.6. The number of hydrogen-bond acceptors (Lipinski definition) is 9. The monoisotopic (exact) mass is 843 g/mol. The first-order valence-corrected chi connectivity index (χ1v) is 22.9. The standard InChI is InChI=1S/C49H62N8O5/c1-5-55-41-18-17-36-27-38(41)39(45(55)37-15-9-21-51-43(37)32(2)58)28-48(3,4)31-62-57(61)42-16-10-23-56(53-42)47(60)40(26-33-11-8-14-35(36)25-33)52-46(59)44(34-12-6-7-13-34)54-24-20-49(30-54)19-22-50-29-49/h8-9,11,14-15,17-18,21,25,27,34,40,42,44,50,53H,2,5-7,10,12-13,16,19-20,22-24,26,28-31H2,1,3-4H3,(H-,52,58,59)/p+1/t40-,42+,44-,49-/m0/s1. The van der Waals surface area contributed by atoms with Gasteiger partial charge in [-0.15, -0.1) is 0 Å². The number of pyridine rings is 1. The number of hydrazine groups is 1. The minimum absolute atomic E-state index is 0.0723. The Morgan fingerprint density at radius 3 is 2.66 bits per heavy atom. The first-order chi connectivity index (χ1) is 29.9. The number of benzene rings is 2. The van der Waals surface area contributed by atoms with Crippen LogP contribution in [0.2, 0.25) is 0 Å². The van der Waals surface area contributed by atoms with E-state index in [0.29, 0.717) is 43.0 Å². The summed E-state index contributed by atoms with van der Waals surface area (Å²) in [6.45, 7) is 15.1. The minimum Gasteiger partial charge on any atom is -0.506 e. The highest BCUT2D eigenvalue weighted by Gasteiger charge is 2.47. The van der Waals surface area contributed by atoms with Crippen LogP contribution < -0.4 is 16.1 Å². The van der Waals surface area contributed by atoms with Gasteiger partial charge in [-0.1, -0.05) is 63.6 Å². The van der Waals surface area contributed by atoms with Crippen molar-refractivity contribution >= 4 is 28.5 Å². The quantitative estimate of drug-likeness (QED) is 0.146. The Labute approximate surface area is 364 Å². The molecule has 2 amide bonds. The lowest BCUT2D eigenvalue weighted by atomic mass is 9.84. The summed E-state index contributed by atoms with van der Waals surface area (Å²) in [5, 5.41) is 20.2. The first kappa shape index (κ1) is 42.2. The van der Waals surface area contributed by atoms with Crippen molar-refractivity contribution in [1.82, 2.24) is 35.5 Å². The van der Waals surface area contributed by atoms with Crippen LogP contribution in [0.3, 0.4) is 0 Å². The highest BCUT2D eigenvalue weighted by atomic mass is 16.8. The lowest BCUT2D eigenvalue weighted by Gasteiger charge is -2.36. The summed E-state index contributed by atoms with van der Waals surface area (Å²) in [4.78, 5) is 57.1. The topological polar surface area (TPSA) is 144 Å². The number of carbonyl (C=O) groups excluding carboxylic acids is 2. The fourth-order valence-corrected chi connectivity index (χ4v) is 11.2. The predicted molar refractivity (Wildman–Crippen MR) is 240 cm³/mol. The zero-order chi connectivity index (χ0) is 43.2. The second kappa shape index (κ2) is 17.2. The number of amides is 2. The number of aliphatic hydroxyl groups is 1. The maximum atomic E-state index is 14.8. The van der Waals surface area contributed by atoms with Crippen molar-refractivity contribution in [1.29, 1.82) is 0 Å². The van der Waals surface area contributed by atoms with E-state index in [1.165, 1.54) is 5.01 Å². The number of nitrogens with one attached hydrogen (secondary N) is 3. The second-order valence-electron chi connectivity index (χ2n) is 19.4. The van der Waals surface area contributed by atoms with E-state index >= 15 is 0 Å². The summed E-state index contributed by atoms with van der Waals surface area (Å²) < 4.78 is 2.26. The summed E-state index contributed by atoms with van der Waals surface area (Å²) in [5.41, 5.74) is 10.1. The summed E-state index contributed by atoms with van der Waals surface area (Å²) >= 11 is 0. The number of likely N-dealkylation sites (tertiary alicyclic amines) is 1. The highest BCUT2D eigenvalue weighted by molar-refractivity contribution is 5.96. The van der Waals surface area contributed by atoms with Crippen LogP contribution >= 0.6 is 0 Å². The predicted octanol–water partition coefficient (Wildman–Crippen LogP) is 6.94. The molecule has 0 unspecified atom stereocenters. The lowest BCUT2D eigenvalue weighted by molar-refractivity contribution is -0.835. The summed E-state index contributed by atoms with van der Waals surface area (Å²) in [5.74, 6) is -0.187. The highest BCUT2D eigenvalue weighted by Crippen LogP contribution is 2.43. The van der Waals surface area contributed by atoms with Gasteiger partial charge in [-0.25, -0.2) is 4.84 Å². The van der Waals surface area contributed by atoms with Gasteiger partial charge in [0.25, 0.3) is 5.91 Å². The summed E-state index contributed by atoms with van der Waals surface area (Å²) in [6, 6.07) is 17.5. The van der Waals surface area contributed by atoms with Crippen molar-refractivity contribution in [3.63, 3.8) is 0 Å². The van der Waals surface area contributed by atoms with E-state index in [4.69, 9.17) is 4.84 Å². The number of nitrogens with zero attached hydrogens (tertiary/aromatic N) is 5. The Morgan fingerprint density at radius 1 is 1.06 bits per heavy atom. The normalized spacial score (nSPS) is 25.2. The number of aromatic nitrogens is 2. The molecule has 4 aromatic rings. The molecule has 6 bridgehead atoms. The molecule has 6 heterocycles. The van der Waals surface area contributed by atoms with Gasteiger partial charge in [-0.2, -0.15) is 5.43 Å². The third kappa shape index (κ3) is 8.26. The average molecular weight is 844 g/mol. The van der Waals surface area contributed by atoms with E-state index in [1.807, 2.05) is 24.3 Å². The lowest BCUT2D eigenvalue weighted by Crippen LogP contribution is -2.62. The van der Waals surface area contributed by atoms with E-state index in [0.717, 1.165) is 109 Å². The van der Waals surface area contributed by atoms with Crippen LogP contribution in [-0.2, 0) is 33.8 Å². The molecule has 5 aliphatic rings. The van der Waals surface area contributed by atoms with Crippen LogP contribution in [0.25, 0.3) is 39.0 Å². The Morgan fingerprint density at radius 2 is 1.89 bits per heavy atom. The Hall–Kier alpha value is -5.11. The molecular formula is C49H63N8O5+. The number of rotatable bonds is 7. The van der Waals surface area contributed by atoms with Crippen LogP contribution in [0.15, 0.2) is 67.4 Å². The molecule has 2 aromatic carbocycles. The van der Waals surface area contributed by atoms with Gasteiger partial charge in [0.2, 0.25) is 10.8 Å². The number of aliphatic hydroxyl groups excluding tert-OH is 1. The van der Waals surface area contributed by atoms with Crippen molar-refractivity contribution in [3.8, 4) is 22.4 Å². The van der Waals surface area contributed by atoms with E-state index < -0.39 is 17.6 Å². The molecule has 9 rings (SSSR count). The van der Waals surface area contributed by atoms with Gasteiger partial charge in [0.05, 0.1) is 16.6 Å². The van der Waals surface area contributed by atoms with Crippen molar-refractivity contribution in [2.24, 2.45) is 16.7 Å². The van der Waals surface area contributed by atoms with Gasteiger partial charge in [0, 0.05) is 67.1 Å². The Bertz CT molecular complexity index is 2360. The van der Waals surface area contributed by atoms with Crippen LogP contribution in [0.1, 0.15) is 89.0 Å². The molecule has 1 spiro atoms. The molecule has 62 heavy (non-hydrogen) atoms. The maximum absolute atomic E-state index is 14.8. The van der Waals surface area contributed by atoms with Crippen molar-refractivity contribution in [3.05, 3.63) is 89.1 Å². The van der Waals surface area contributed by atoms with Crippen molar-refractivity contribution < 1.29 is 24.5 Å².